The first-order chi connectivity index (χ1) is 13.9. The number of carboxylic acids is 1. The number of fused-ring (bicyclic) bond motifs is 1. The van der Waals surface area contributed by atoms with E-state index in [9.17, 15) is 14.3 Å². The minimum Gasteiger partial charge on any atom is -0.488 e. The molecular weight excluding hydrogens is 393 g/mol. The molecule has 4 nitrogen and oxygen atoms in total. The highest BCUT2D eigenvalue weighted by atomic mass is 35.5. The molecule has 0 amide bonds. The maximum atomic E-state index is 13.3. The van der Waals surface area contributed by atoms with Crippen molar-refractivity contribution >= 4 is 28.3 Å². The number of rotatable bonds is 8. The van der Waals surface area contributed by atoms with Gasteiger partial charge in [-0.1, -0.05) is 61.8 Å². The minimum atomic E-state index is -0.888. The molecule has 0 aliphatic carbocycles. The monoisotopic (exact) mass is 415 g/mol. The van der Waals surface area contributed by atoms with Gasteiger partial charge >= 0.3 is 5.97 Å². The van der Waals surface area contributed by atoms with Crippen molar-refractivity contribution in [1.82, 2.24) is 5.32 Å². The van der Waals surface area contributed by atoms with E-state index in [0.29, 0.717) is 22.9 Å². The molecule has 0 saturated carbocycles. The molecule has 0 heterocycles. The zero-order chi connectivity index (χ0) is 21.0. The SMILES string of the molecule is CC(C)C(NCc1c(OCc2ccc(F)cc2Cl)ccc2ccccc12)C(=O)O. The Labute approximate surface area is 174 Å². The largest absolute Gasteiger partial charge is 0.488 e. The number of hydrogen-bond acceptors (Lipinski definition) is 3. The van der Waals surface area contributed by atoms with Crippen LogP contribution < -0.4 is 10.1 Å². The lowest BCUT2D eigenvalue weighted by molar-refractivity contribution is -0.140. The van der Waals surface area contributed by atoms with Gasteiger partial charge in [-0.25, -0.2) is 4.39 Å². The van der Waals surface area contributed by atoms with Gasteiger partial charge in [0, 0.05) is 17.7 Å². The Morgan fingerprint density at radius 1 is 1.17 bits per heavy atom. The Hall–Kier alpha value is -2.63. The molecule has 3 aromatic rings. The van der Waals surface area contributed by atoms with Crippen LogP contribution in [0, 0.1) is 11.7 Å². The molecule has 0 bridgehead atoms. The van der Waals surface area contributed by atoms with Gasteiger partial charge < -0.3 is 9.84 Å². The average Bonchev–Trinajstić information content (AvgIpc) is 2.67. The number of carbonyl (C=O) groups is 1. The molecule has 6 heteroatoms. The maximum absolute atomic E-state index is 13.3. The summed E-state index contributed by atoms with van der Waals surface area (Å²) in [4.78, 5) is 11.5. The standard InChI is InChI=1S/C23H23ClFNO3/c1-14(2)22(23(27)28)26-12-19-18-6-4-3-5-15(18)8-10-21(19)29-13-16-7-9-17(25)11-20(16)24/h3-11,14,22,26H,12-13H2,1-2H3,(H,27,28). The van der Waals surface area contributed by atoms with E-state index in [1.54, 1.807) is 6.07 Å². The van der Waals surface area contributed by atoms with E-state index in [2.05, 4.69) is 5.32 Å². The van der Waals surface area contributed by atoms with E-state index >= 15 is 0 Å². The molecule has 0 saturated heterocycles. The van der Waals surface area contributed by atoms with Crippen molar-refractivity contribution in [1.29, 1.82) is 0 Å². The molecule has 152 valence electrons. The molecule has 0 fully saturated rings. The van der Waals surface area contributed by atoms with E-state index in [0.717, 1.165) is 16.3 Å². The summed E-state index contributed by atoms with van der Waals surface area (Å²) < 4.78 is 19.3. The van der Waals surface area contributed by atoms with Crippen LogP contribution in [-0.4, -0.2) is 17.1 Å². The van der Waals surface area contributed by atoms with Gasteiger partial charge in [0.15, 0.2) is 0 Å². The van der Waals surface area contributed by atoms with Gasteiger partial charge in [-0.3, -0.25) is 10.1 Å². The van der Waals surface area contributed by atoms with Gasteiger partial charge in [-0.2, -0.15) is 0 Å². The van der Waals surface area contributed by atoms with Crippen molar-refractivity contribution in [2.24, 2.45) is 5.92 Å². The quantitative estimate of drug-likeness (QED) is 0.516. The van der Waals surface area contributed by atoms with E-state index < -0.39 is 17.8 Å². The Bertz CT molecular complexity index is 1020. The third-order valence-corrected chi connectivity index (χ3v) is 5.18. The van der Waals surface area contributed by atoms with Crippen LogP contribution in [-0.2, 0) is 17.9 Å². The highest BCUT2D eigenvalue weighted by Gasteiger charge is 2.21. The van der Waals surface area contributed by atoms with E-state index in [4.69, 9.17) is 16.3 Å². The average molecular weight is 416 g/mol. The fraction of sp³-hybridized carbons (Fsp3) is 0.261. The van der Waals surface area contributed by atoms with Crippen molar-refractivity contribution in [2.45, 2.75) is 33.0 Å². The molecule has 0 spiro atoms. The lowest BCUT2D eigenvalue weighted by Gasteiger charge is -2.20. The number of carboxylic acid groups (broad SMARTS) is 1. The first-order valence-electron chi connectivity index (χ1n) is 9.40. The Morgan fingerprint density at radius 2 is 1.93 bits per heavy atom. The number of ether oxygens (including phenoxy) is 1. The summed E-state index contributed by atoms with van der Waals surface area (Å²) in [5, 5.41) is 14.9. The van der Waals surface area contributed by atoms with Crippen molar-refractivity contribution in [3.8, 4) is 5.75 Å². The van der Waals surface area contributed by atoms with Crippen LogP contribution in [0.2, 0.25) is 5.02 Å². The lowest BCUT2D eigenvalue weighted by Crippen LogP contribution is -2.40. The van der Waals surface area contributed by atoms with Gasteiger partial charge in [0.25, 0.3) is 0 Å². The van der Waals surface area contributed by atoms with Gasteiger partial charge in [0.2, 0.25) is 0 Å². The molecule has 3 rings (SSSR count). The zero-order valence-corrected chi connectivity index (χ0v) is 17.0. The molecule has 0 aromatic heterocycles. The summed E-state index contributed by atoms with van der Waals surface area (Å²) in [6.45, 7) is 4.24. The summed E-state index contributed by atoms with van der Waals surface area (Å²) in [6, 6.07) is 15.2. The lowest BCUT2D eigenvalue weighted by atomic mass is 10.0. The first-order valence-corrected chi connectivity index (χ1v) is 9.78. The van der Waals surface area contributed by atoms with Crippen molar-refractivity contribution in [3.05, 3.63) is 76.6 Å². The summed E-state index contributed by atoms with van der Waals surface area (Å²) in [7, 11) is 0. The predicted molar refractivity (Wildman–Crippen MR) is 113 cm³/mol. The molecule has 0 aliphatic heterocycles. The second-order valence-corrected chi connectivity index (χ2v) is 7.64. The van der Waals surface area contributed by atoms with Gasteiger partial charge in [-0.05, 0) is 34.9 Å². The molecule has 2 N–H and O–H groups in total. The van der Waals surface area contributed by atoms with Crippen molar-refractivity contribution in [2.75, 3.05) is 0 Å². The highest BCUT2D eigenvalue weighted by Crippen LogP contribution is 2.30. The zero-order valence-electron chi connectivity index (χ0n) is 16.3. The molecule has 0 aliphatic rings. The number of aliphatic carboxylic acids is 1. The maximum Gasteiger partial charge on any atom is 0.320 e. The Morgan fingerprint density at radius 3 is 2.62 bits per heavy atom. The Kier molecular flexibility index (Phi) is 6.72. The smallest absolute Gasteiger partial charge is 0.320 e. The normalized spacial score (nSPS) is 12.3. The fourth-order valence-electron chi connectivity index (χ4n) is 3.25. The van der Waals surface area contributed by atoms with Crippen LogP contribution in [0.3, 0.4) is 0 Å². The Balaban J connectivity index is 1.90. The summed E-state index contributed by atoms with van der Waals surface area (Å²) in [6.07, 6.45) is 0. The summed E-state index contributed by atoms with van der Waals surface area (Å²) in [5.74, 6) is -0.724. The summed E-state index contributed by atoms with van der Waals surface area (Å²) >= 11 is 6.11. The van der Waals surface area contributed by atoms with Crippen LogP contribution in [0.1, 0.15) is 25.0 Å². The van der Waals surface area contributed by atoms with Crippen LogP contribution in [0.4, 0.5) is 4.39 Å². The van der Waals surface area contributed by atoms with Gasteiger partial charge in [0.05, 0.1) is 5.02 Å². The third kappa shape index (κ3) is 5.05. The predicted octanol–water partition coefficient (Wildman–Crippen LogP) is 5.41. The van der Waals surface area contributed by atoms with Crippen LogP contribution in [0.5, 0.6) is 5.75 Å². The van der Waals surface area contributed by atoms with Crippen molar-refractivity contribution < 1.29 is 19.0 Å². The van der Waals surface area contributed by atoms with E-state index in [1.165, 1.54) is 12.1 Å². The van der Waals surface area contributed by atoms with Crippen molar-refractivity contribution in [3.63, 3.8) is 0 Å². The van der Waals surface area contributed by atoms with Gasteiger partial charge in [-0.15, -0.1) is 0 Å². The highest BCUT2D eigenvalue weighted by molar-refractivity contribution is 6.31. The number of halogens is 2. The van der Waals surface area contributed by atoms with Crippen LogP contribution in [0.25, 0.3) is 10.8 Å². The second-order valence-electron chi connectivity index (χ2n) is 7.23. The molecular formula is C23H23ClFNO3. The topological polar surface area (TPSA) is 58.6 Å². The third-order valence-electron chi connectivity index (χ3n) is 4.83. The number of benzene rings is 3. The molecule has 29 heavy (non-hydrogen) atoms. The van der Waals surface area contributed by atoms with E-state index in [1.807, 2.05) is 50.2 Å². The molecule has 1 atom stereocenters. The van der Waals surface area contributed by atoms with E-state index in [-0.39, 0.29) is 12.5 Å². The fourth-order valence-corrected chi connectivity index (χ4v) is 3.47. The number of hydrogen-bond donors (Lipinski definition) is 2. The molecule has 1 unspecified atom stereocenters. The minimum absolute atomic E-state index is 0.0649. The number of nitrogens with one attached hydrogen (secondary N) is 1. The van der Waals surface area contributed by atoms with Crippen LogP contribution in [0.15, 0.2) is 54.6 Å². The molecule has 0 radical (unpaired) electrons. The van der Waals surface area contributed by atoms with Crippen LogP contribution >= 0.6 is 11.6 Å². The second kappa shape index (κ2) is 9.25. The van der Waals surface area contributed by atoms with Gasteiger partial charge in [0.1, 0.15) is 24.2 Å². The molecule has 3 aromatic carbocycles. The first kappa shape index (κ1) is 21.1. The summed E-state index contributed by atoms with van der Waals surface area (Å²) in [5.41, 5.74) is 1.54.